The first-order valence-corrected chi connectivity index (χ1v) is 6.94. The molecule has 1 aliphatic rings. The maximum Gasteiger partial charge on any atom is 0.319 e. The van der Waals surface area contributed by atoms with Gasteiger partial charge in [-0.3, -0.25) is 9.59 Å². The quantitative estimate of drug-likeness (QED) is 0.382. The van der Waals surface area contributed by atoms with Gasteiger partial charge in [0.15, 0.2) is 0 Å². The van der Waals surface area contributed by atoms with Gasteiger partial charge in [0.25, 0.3) is 0 Å². The summed E-state index contributed by atoms with van der Waals surface area (Å²) in [6.07, 6.45) is 3.22. The largest absolute Gasteiger partial charge is 0.465 e. The molecule has 0 radical (unpaired) electrons. The first-order valence-electron chi connectivity index (χ1n) is 6.94. The van der Waals surface area contributed by atoms with Crippen molar-refractivity contribution in [2.45, 2.75) is 39.0 Å². The third kappa shape index (κ3) is 4.28. The van der Waals surface area contributed by atoms with E-state index >= 15 is 0 Å². The number of carbonyl (C=O) groups is 2. The Hall–Kier alpha value is -0.940. The Morgan fingerprint density at radius 2 is 2.05 bits per heavy atom. The molecule has 5 heteroatoms. The number of hydrogen-bond acceptors (Lipinski definition) is 5. The number of ketones is 1. The van der Waals surface area contributed by atoms with Crippen molar-refractivity contribution in [2.24, 2.45) is 5.41 Å². The van der Waals surface area contributed by atoms with E-state index in [1.54, 1.807) is 14.0 Å². The highest BCUT2D eigenvalue weighted by molar-refractivity contribution is 6.04. The zero-order valence-corrected chi connectivity index (χ0v) is 11.9. The Bertz CT molecular complexity index is 302. The molecule has 0 aromatic rings. The van der Waals surface area contributed by atoms with Gasteiger partial charge in [-0.1, -0.05) is 6.42 Å². The standard InChI is InChI=1S/C14H24O5/c1-3-19-13(16)14(7-5-4-6-12(14)15)8-9-18-11-10-17-2/h3-11H2,1-2H3. The minimum absolute atomic E-state index is 0.00698. The molecule has 0 aliphatic heterocycles. The van der Waals surface area contributed by atoms with E-state index in [0.29, 0.717) is 45.7 Å². The predicted molar refractivity (Wildman–Crippen MR) is 69.9 cm³/mol. The van der Waals surface area contributed by atoms with Crippen molar-refractivity contribution in [3.05, 3.63) is 0 Å². The molecule has 110 valence electrons. The topological polar surface area (TPSA) is 61.8 Å². The van der Waals surface area contributed by atoms with Crippen molar-refractivity contribution < 1.29 is 23.8 Å². The summed E-state index contributed by atoms with van der Waals surface area (Å²) < 4.78 is 15.4. The fourth-order valence-electron chi connectivity index (χ4n) is 2.43. The molecule has 1 atom stereocenters. The van der Waals surface area contributed by atoms with Gasteiger partial charge in [-0.15, -0.1) is 0 Å². The van der Waals surface area contributed by atoms with E-state index in [4.69, 9.17) is 14.2 Å². The Labute approximate surface area is 114 Å². The summed E-state index contributed by atoms with van der Waals surface area (Å²) in [4.78, 5) is 24.3. The smallest absolute Gasteiger partial charge is 0.319 e. The molecule has 5 nitrogen and oxygen atoms in total. The lowest BCUT2D eigenvalue weighted by atomic mass is 9.71. The summed E-state index contributed by atoms with van der Waals surface area (Å²) in [6.45, 7) is 3.43. The molecule has 0 aromatic heterocycles. The molecule has 0 N–H and O–H groups in total. The monoisotopic (exact) mass is 272 g/mol. The predicted octanol–water partition coefficient (Wildman–Crippen LogP) is 1.73. The van der Waals surface area contributed by atoms with Gasteiger partial charge in [0.1, 0.15) is 11.2 Å². The fraction of sp³-hybridized carbons (Fsp3) is 0.857. The van der Waals surface area contributed by atoms with Crippen LogP contribution in [0, 0.1) is 5.41 Å². The maximum absolute atomic E-state index is 12.2. The Balaban J connectivity index is 2.58. The summed E-state index contributed by atoms with van der Waals surface area (Å²) >= 11 is 0. The lowest BCUT2D eigenvalue weighted by molar-refractivity contribution is -0.163. The van der Waals surface area contributed by atoms with E-state index in [9.17, 15) is 9.59 Å². The van der Waals surface area contributed by atoms with E-state index in [-0.39, 0.29) is 11.8 Å². The normalized spacial score (nSPS) is 23.4. The van der Waals surface area contributed by atoms with Crippen LogP contribution in [0.3, 0.4) is 0 Å². The van der Waals surface area contributed by atoms with E-state index in [1.807, 2.05) is 0 Å². The van der Waals surface area contributed by atoms with Gasteiger partial charge in [-0.25, -0.2) is 0 Å². The average molecular weight is 272 g/mol. The van der Waals surface area contributed by atoms with Crippen LogP contribution in [0.5, 0.6) is 0 Å². The van der Waals surface area contributed by atoms with Crippen molar-refractivity contribution in [1.82, 2.24) is 0 Å². The van der Waals surface area contributed by atoms with Crippen LogP contribution in [0.25, 0.3) is 0 Å². The molecule has 0 amide bonds. The summed E-state index contributed by atoms with van der Waals surface area (Å²) in [5, 5.41) is 0. The van der Waals surface area contributed by atoms with E-state index in [2.05, 4.69) is 0 Å². The zero-order chi connectivity index (χ0) is 14.1. The van der Waals surface area contributed by atoms with Crippen molar-refractivity contribution in [3.8, 4) is 0 Å². The molecule has 1 unspecified atom stereocenters. The maximum atomic E-state index is 12.2. The Morgan fingerprint density at radius 3 is 2.68 bits per heavy atom. The molecule has 0 bridgehead atoms. The van der Waals surface area contributed by atoms with Gasteiger partial charge in [0, 0.05) is 20.1 Å². The highest BCUT2D eigenvalue weighted by Crippen LogP contribution is 2.37. The van der Waals surface area contributed by atoms with Crippen LogP contribution in [-0.4, -0.2) is 45.3 Å². The van der Waals surface area contributed by atoms with Crippen LogP contribution >= 0.6 is 0 Å². The summed E-state index contributed by atoms with van der Waals surface area (Å²) in [5.74, 6) is -0.373. The Morgan fingerprint density at radius 1 is 1.26 bits per heavy atom. The second-order valence-corrected chi connectivity index (χ2v) is 4.79. The van der Waals surface area contributed by atoms with Crippen LogP contribution < -0.4 is 0 Å². The lowest BCUT2D eigenvalue weighted by Crippen LogP contribution is -2.43. The Kier molecular flexibility index (Phi) is 7.02. The van der Waals surface area contributed by atoms with Gasteiger partial charge >= 0.3 is 5.97 Å². The summed E-state index contributed by atoms with van der Waals surface area (Å²) in [6, 6.07) is 0. The second kappa shape index (κ2) is 8.27. The van der Waals surface area contributed by atoms with Gasteiger partial charge in [0.2, 0.25) is 0 Å². The number of Topliss-reactive ketones (excluding diaryl/α,β-unsaturated/α-hetero) is 1. The van der Waals surface area contributed by atoms with Crippen molar-refractivity contribution in [3.63, 3.8) is 0 Å². The van der Waals surface area contributed by atoms with Crippen molar-refractivity contribution in [1.29, 1.82) is 0 Å². The number of carbonyl (C=O) groups excluding carboxylic acids is 2. The van der Waals surface area contributed by atoms with Gasteiger partial charge in [0.05, 0.1) is 19.8 Å². The zero-order valence-electron chi connectivity index (χ0n) is 11.9. The van der Waals surface area contributed by atoms with Gasteiger partial charge in [-0.2, -0.15) is 0 Å². The molecule has 0 saturated heterocycles. The first kappa shape index (κ1) is 16.1. The number of hydrogen-bond donors (Lipinski definition) is 0. The molecule has 0 aromatic carbocycles. The minimum atomic E-state index is -0.971. The van der Waals surface area contributed by atoms with Gasteiger partial charge in [-0.05, 0) is 26.2 Å². The number of methoxy groups -OCH3 is 1. The van der Waals surface area contributed by atoms with Crippen LogP contribution in [0.2, 0.25) is 0 Å². The second-order valence-electron chi connectivity index (χ2n) is 4.79. The third-order valence-corrected chi connectivity index (χ3v) is 3.56. The number of rotatable bonds is 8. The molecule has 1 rings (SSSR count). The van der Waals surface area contributed by atoms with Crippen LogP contribution in [-0.2, 0) is 23.8 Å². The van der Waals surface area contributed by atoms with E-state index < -0.39 is 5.41 Å². The summed E-state index contributed by atoms with van der Waals surface area (Å²) in [5.41, 5.74) is -0.971. The highest BCUT2D eigenvalue weighted by atomic mass is 16.5. The molecule has 1 saturated carbocycles. The molecule has 1 aliphatic carbocycles. The first-order chi connectivity index (χ1) is 9.17. The lowest BCUT2D eigenvalue weighted by Gasteiger charge is -2.33. The number of esters is 1. The minimum Gasteiger partial charge on any atom is -0.465 e. The molecule has 0 heterocycles. The third-order valence-electron chi connectivity index (χ3n) is 3.56. The van der Waals surface area contributed by atoms with Crippen molar-refractivity contribution >= 4 is 11.8 Å². The molecular weight excluding hydrogens is 248 g/mol. The van der Waals surface area contributed by atoms with Gasteiger partial charge < -0.3 is 14.2 Å². The summed E-state index contributed by atoms with van der Waals surface area (Å²) in [7, 11) is 1.61. The van der Waals surface area contributed by atoms with E-state index in [1.165, 1.54) is 0 Å². The SMILES string of the molecule is CCOC(=O)C1(CCOCCOC)CCCCC1=O. The van der Waals surface area contributed by atoms with Crippen molar-refractivity contribution in [2.75, 3.05) is 33.5 Å². The molecule has 1 fully saturated rings. The highest BCUT2D eigenvalue weighted by Gasteiger charge is 2.47. The average Bonchev–Trinajstić information content (AvgIpc) is 2.41. The van der Waals surface area contributed by atoms with Crippen LogP contribution in [0.4, 0.5) is 0 Å². The number of ether oxygens (including phenoxy) is 3. The van der Waals surface area contributed by atoms with Crippen LogP contribution in [0.15, 0.2) is 0 Å². The van der Waals surface area contributed by atoms with Crippen LogP contribution in [0.1, 0.15) is 39.0 Å². The molecule has 19 heavy (non-hydrogen) atoms. The van der Waals surface area contributed by atoms with E-state index in [0.717, 1.165) is 12.8 Å². The molecular formula is C14H24O5. The fourth-order valence-corrected chi connectivity index (χ4v) is 2.43. The molecule has 0 spiro atoms.